The Labute approximate surface area is 186 Å². The summed E-state index contributed by atoms with van der Waals surface area (Å²) in [5.41, 5.74) is 5.37. The molecule has 1 atom stereocenters. The van der Waals surface area contributed by atoms with Gasteiger partial charge in [0.2, 0.25) is 5.91 Å². The molecule has 0 radical (unpaired) electrons. The monoisotopic (exact) mass is 430 g/mol. The highest BCUT2D eigenvalue weighted by Gasteiger charge is 2.32. The fraction of sp³-hybridized carbons (Fsp3) is 0.320. The minimum absolute atomic E-state index is 0.110. The van der Waals surface area contributed by atoms with E-state index in [0.29, 0.717) is 12.8 Å². The third-order valence-corrected chi connectivity index (χ3v) is 7.34. The van der Waals surface area contributed by atoms with Crippen LogP contribution in [0, 0.1) is 13.8 Å². The molecule has 2 aromatic carbocycles. The summed E-state index contributed by atoms with van der Waals surface area (Å²) in [6, 6.07) is 18.5. The number of amides is 1. The molecule has 0 bridgehead atoms. The maximum atomic E-state index is 13.2. The number of aromatic nitrogens is 3. The van der Waals surface area contributed by atoms with Gasteiger partial charge in [0.1, 0.15) is 5.01 Å². The molecule has 0 aliphatic carbocycles. The number of carbonyl (C=O) groups is 1. The standard InChI is InChI=1S/C25H26N4OS/c1-17-20(18(2)29(27-17)19-9-4-3-5-10-19)14-15-24(30)28-16-8-12-22(28)25-26-21-11-6-7-13-23(21)31-25/h3-7,9-11,13,22H,8,12,14-16H2,1-2H3. The summed E-state index contributed by atoms with van der Waals surface area (Å²) in [5.74, 6) is 0.216. The van der Waals surface area contributed by atoms with Gasteiger partial charge < -0.3 is 4.90 Å². The molecule has 4 aromatic rings. The lowest BCUT2D eigenvalue weighted by atomic mass is 10.1. The smallest absolute Gasteiger partial charge is 0.223 e. The molecular weight excluding hydrogens is 404 g/mol. The third kappa shape index (κ3) is 3.76. The van der Waals surface area contributed by atoms with E-state index in [9.17, 15) is 4.79 Å². The molecule has 1 unspecified atom stereocenters. The number of rotatable bonds is 5. The van der Waals surface area contributed by atoms with E-state index in [1.807, 2.05) is 52.9 Å². The Morgan fingerprint density at radius 1 is 1.10 bits per heavy atom. The van der Waals surface area contributed by atoms with E-state index in [-0.39, 0.29) is 11.9 Å². The summed E-state index contributed by atoms with van der Waals surface area (Å²) in [6.07, 6.45) is 3.25. The zero-order valence-corrected chi connectivity index (χ0v) is 18.7. The first-order valence-corrected chi connectivity index (χ1v) is 11.7. The third-order valence-electron chi connectivity index (χ3n) is 6.20. The molecule has 5 nitrogen and oxygen atoms in total. The minimum Gasteiger partial charge on any atom is -0.333 e. The van der Waals surface area contributed by atoms with Gasteiger partial charge in [-0.2, -0.15) is 5.10 Å². The maximum Gasteiger partial charge on any atom is 0.223 e. The van der Waals surface area contributed by atoms with Crippen molar-refractivity contribution in [1.29, 1.82) is 0 Å². The highest BCUT2D eigenvalue weighted by molar-refractivity contribution is 7.18. The Kier molecular flexibility index (Phi) is 5.32. The Balaban J connectivity index is 1.32. The molecule has 1 fully saturated rings. The molecule has 1 aliphatic rings. The van der Waals surface area contributed by atoms with Crippen LogP contribution in [-0.2, 0) is 11.2 Å². The second kappa shape index (κ2) is 8.27. The van der Waals surface area contributed by atoms with E-state index in [1.165, 1.54) is 10.3 Å². The van der Waals surface area contributed by atoms with Crippen molar-refractivity contribution in [3.63, 3.8) is 0 Å². The predicted octanol–water partition coefficient (Wildman–Crippen LogP) is 5.40. The predicted molar refractivity (Wildman–Crippen MR) is 125 cm³/mol. The molecule has 0 spiro atoms. The van der Waals surface area contributed by atoms with Crippen LogP contribution in [-0.4, -0.2) is 32.1 Å². The summed E-state index contributed by atoms with van der Waals surface area (Å²) in [5, 5.41) is 5.79. The number of aryl methyl sites for hydroxylation is 1. The molecule has 31 heavy (non-hydrogen) atoms. The summed E-state index contributed by atoms with van der Waals surface area (Å²) in [6.45, 7) is 4.94. The largest absolute Gasteiger partial charge is 0.333 e. The fourth-order valence-electron chi connectivity index (χ4n) is 4.59. The topological polar surface area (TPSA) is 51.0 Å². The van der Waals surface area contributed by atoms with E-state index in [1.54, 1.807) is 11.3 Å². The highest BCUT2D eigenvalue weighted by atomic mass is 32.1. The van der Waals surface area contributed by atoms with E-state index in [2.05, 4.69) is 25.1 Å². The second-order valence-corrected chi connectivity index (χ2v) is 9.22. The molecule has 6 heteroatoms. The van der Waals surface area contributed by atoms with Crippen LogP contribution in [0.25, 0.3) is 15.9 Å². The van der Waals surface area contributed by atoms with Gasteiger partial charge in [-0.05, 0) is 62.9 Å². The summed E-state index contributed by atoms with van der Waals surface area (Å²) in [4.78, 5) is 20.1. The van der Waals surface area contributed by atoms with Crippen molar-refractivity contribution in [2.75, 3.05) is 6.54 Å². The lowest BCUT2D eigenvalue weighted by Crippen LogP contribution is -2.30. The van der Waals surface area contributed by atoms with E-state index in [0.717, 1.165) is 47.0 Å². The van der Waals surface area contributed by atoms with Crippen LogP contribution >= 0.6 is 11.3 Å². The van der Waals surface area contributed by atoms with Gasteiger partial charge in [0.25, 0.3) is 0 Å². The van der Waals surface area contributed by atoms with Gasteiger partial charge in [0.15, 0.2) is 0 Å². The average molecular weight is 431 g/mol. The first-order chi connectivity index (χ1) is 15.1. The van der Waals surface area contributed by atoms with Gasteiger partial charge in [0.05, 0.1) is 27.6 Å². The molecule has 5 rings (SSSR count). The number of likely N-dealkylation sites (tertiary alicyclic amines) is 1. The number of thiazole rings is 1. The van der Waals surface area contributed by atoms with Crippen LogP contribution in [0.4, 0.5) is 0 Å². The summed E-state index contributed by atoms with van der Waals surface area (Å²) in [7, 11) is 0. The van der Waals surface area contributed by atoms with Crippen LogP contribution in [0.2, 0.25) is 0 Å². The first kappa shape index (κ1) is 19.9. The SMILES string of the molecule is Cc1nn(-c2ccccc2)c(C)c1CCC(=O)N1CCCC1c1nc2ccccc2s1. The molecule has 158 valence electrons. The van der Waals surface area contributed by atoms with Crippen molar-refractivity contribution in [3.8, 4) is 5.69 Å². The van der Waals surface area contributed by atoms with Gasteiger partial charge >= 0.3 is 0 Å². The van der Waals surface area contributed by atoms with Crippen molar-refractivity contribution in [1.82, 2.24) is 19.7 Å². The normalized spacial score (nSPS) is 16.3. The molecule has 1 saturated heterocycles. The number of para-hydroxylation sites is 2. The second-order valence-electron chi connectivity index (χ2n) is 8.16. The number of nitrogens with zero attached hydrogens (tertiary/aromatic N) is 4. The minimum atomic E-state index is 0.110. The number of hydrogen-bond donors (Lipinski definition) is 0. The Bertz CT molecular complexity index is 1190. The molecule has 3 heterocycles. The van der Waals surface area contributed by atoms with Gasteiger partial charge in [-0.25, -0.2) is 9.67 Å². The van der Waals surface area contributed by atoms with Gasteiger partial charge in [0, 0.05) is 18.7 Å². The summed E-state index contributed by atoms with van der Waals surface area (Å²) < 4.78 is 3.17. The van der Waals surface area contributed by atoms with Crippen LogP contribution in [0.1, 0.15) is 47.3 Å². The van der Waals surface area contributed by atoms with Crippen molar-refractivity contribution < 1.29 is 4.79 Å². The van der Waals surface area contributed by atoms with Crippen molar-refractivity contribution >= 4 is 27.5 Å². The van der Waals surface area contributed by atoms with Gasteiger partial charge in [-0.15, -0.1) is 11.3 Å². The van der Waals surface area contributed by atoms with Crippen LogP contribution in [0.3, 0.4) is 0 Å². The van der Waals surface area contributed by atoms with Crippen LogP contribution < -0.4 is 0 Å². The lowest BCUT2D eigenvalue weighted by Gasteiger charge is -2.23. The highest BCUT2D eigenvalue weighted by Crippen LogP contribution is 2.37. The summed E-state index contributed by atoms with van der Waals surface area (Å²) >= 11 is 1.72. The lowest BCUT2D eigenvalue weighted by molar-refractivity contribution is -0.132. The zero-order chi connectivity index (χ0) is 21.4. The van der Waals surface area contributed by atoms with E-state index >= 15 is 0 Å². The number of hydrogen-bond acceptors (Lipinski definition) is 4. The maximum absolute atomic E-state index is 13.2. The van der Waals surface area contributed by atoms with Crippen LogP contribution in [0.5, 0.6) is 0 Å². The average Bonchev–Trinajstić information content (AvgIpc) is 3.50. The molecular formula is C25H26N4OS. The Morgan fingerprint density at radius 2 is 1.87 bits per heavy atom. The molecule has 1 aliphatic heterocycles. The zero-order valence-electron chi connectivity index (χ0n) is 17.9. The van der Waals surface area contributed by atoms with Crippen molar-refractivity contribution in [2.45, 2.75) is 45.6 Å². The molecule has 1 amide bonds. The van der Waals surface area contributed by atoms with E-state index < -0.39 is 0 Å². The number of fused-ring (bicyclic) bond motifs is 1. The van der Waals surface area contributed by atoms with Gasteiger partial charge in [-0.3, -0.25) is 4.79 Å². The Morgan fingerprint density at radius 3 is 2.68 bits per heavy atom. The fourth-order valence-corrected chi connectivity index (χ4v) is 5.70. The number of carbonyl (C=O) groups excluding carboxylic acids is 1. The number of benzene rings is 2. The van der Waals surface area contributed by atoms with Gasteiger partial charge in [-0.1, -0.05) is 30.3 Å². The first-order valence-electron chi connectivity index (χ1n) is 10.9. The van der Waals surface area contributed by atoms with Crippen LogP contribution in [0.15, 0.2) is 54.6 Å². The van der Waals surface area contributed by atoms with E-state index in [4.69, 9.17) is 10.1 Å². The molecule has 0 N–H and O–H groups in total. The Hall–Kier alpha value is -2.99. The van der Waals surface area contributed by atoms with Crippen molar-refractivity contribution in [2.24, 2.45) is 0 Å². The quantitative estimate of drug-likeness (QED) is 0.426. The molecule has 2 aromatic heterocycles. The molecule has 0 saturated carbocycles. The van der Waals surface area contributed by atoms with Crippen molar-refractivity contribution in [3.05, 3.63) is 76.6 Å².